The molecule has 0 fully saturated rings. The fraction of sp³-hybridized carbons (Fsp3) is 0.444. The summed E-state index contributed by atoms with van der Waals surface area (Å²) in [5.41, 5.74) is 1.49. The van der Waals surface area contributed by atoms with E-state index >= 15 is 0 Å². The quantitative estimate of drug-likeness (QED) is 0.415. The van der Waals surface area contributed by atoms with E-state index in [1.807, 2.05) is 23.9 Å². The van der Waals surface area contributed by atoms with Crippen molar-refractivity contribution < 1.29 is 9.13 Å². The van der Waals surface area contributed by atoms with Crippen LogP contribution in [0.2, 0.25) is 0 Å². The maximum Gasteiger partial charge on any atom is 0.191 e. The summed E-state index contributed by atoms with van der Waals surface area (Å²) in [6.07, 6.45) is 4.67. The van der Waals surface area contributed by atoms with Crippen LogP contribution in [0, 0.1) is 5.82 Å². The van der Waals surface area contributed by atoms with Crippen molar-refractivity contribution in [2.24, 2.45) is 4.99 Å². The van der Waals surface area contributed by atoms with Crippen LogP contribution >= 0.6 is 0 Å². The summed E-state index contributed by atoms with van der Waals surface area (Å²) < 4.78 is 20.6. The number of ether oxygens (including phenoxy) is 1. The molecule has 0 amide bonds. The highest BCUT2D eigenvalue weighted by Crippen LogP contribution is 2.12. The molecule has 1 aromatic heterocycles. The molecule has 2 aromatic rings. The molecule has 136 valence electrons. The highest BCUT2D eigenvalue weighted by molar-refractivity contribution is 5.79. The molecule has 0 radical (unpaired) electrons. The zero-order valence-corrected chi connectivity index (χ0v) is 14.8. The number of nitrogens with zero attached hydrogens (tertiary/aromatic N) is 3. The minimum Gasteiger partial charge on any atom is -0.380 e. The third-order valence-electron chi connectivity index (χ3n) is 3.59. The number of benzene rings is 1. The Hall–Kier alpha value is -2.41. The molecule has 2 rings (SSSR count). The van der Waals surface area contributed by atoms with E-state index in [4.69, 9.17) is 4.74 Å². The molecule has 0 saturated carbocycles. The summed E-state index contributed by atoms with van der Waals surface area (Å²) in [6.45, 7) is 5.20. The zero-order valence-electron chi connectivity index (χ0n) is 14.8. The number of hydrogen-bond donors (Lipinski definition) is 2. The fourth-order valence-corrected chi connectivity index (χ4v) is 2.39. The number of aliphatic imine (C=N–C) groups is 1. The second-order valence-corrected chi connectivity index (χ2v) is 5.60. The third kappa shape index (κ3) is 6.54. The van der Waals surface area contributed by atoms with Crippen LogP contribution < -0.4 is 10.6 Å². The highest BCUT2D eigenvalue weighted by atomic mass is 19.1. The number of guanidine groups is 1. The van der Waals surface area contributed by atoms with Crippen LogP contribution in [0.5, 0.6) is 0 Å². The molecule has 0 unspecified atom stereocenters. The van der Waals surface area contributed by atoms with Gasteiger partial charge < -0.3 is 15.4 Å². The second-order valence-electron chi connectivity index (χ2n) is 5.60. The number of hydrogen-bond acceptors (Lipinski definition) is 3. The van der Waals surface area contributed by atoms with Gasteiger partial charge in [-0.15, -0.1) is 0 Å². The first-order valence-corrected chi connectivity index (χ1v) is 8.48. The second kappa shape index (κ2) is 10.5. The molecule has 1 heterocycles. The predicted octanol–water partition coefficient (Wildman–Crippen LogP) is 2.31. The molecule has 7 heteroatoms. The zero-order chi connectivity index (χ0) is 17.9. The minimum absolute atomic E-state index is 0.252. The SMILES string of the molecule is CCNC(=NCc1ccc(F)c(COC)c1)NCCCn1cccn1. The summed E-state index contributed by atoms with van der Waals surface area (Å²) in [5, 5.41) is 10.7. The van der Waals surface area contributed by atoms with E-state index in [1.54, 1.807) is 25.4 Å². The number of rotatable bonds is 9. The van der Waals surface area contributed by atoms with Gasteiger partial charge in [-0.25, -0.2) is 9.38 Å². The Morgan fingerprint density at radius 2 is 2.24 bits per heavy atom. The van der Waals surface area contributed by atoms with Crippen molar-refractivity contribution in [3.8, 4) is 0 Å². The third-order valence-corrected chi connectivity index (χ3v) is 3.59. The standard InChI is InChI=1S/C18H26FN5O/c1-3-20-18(21-8-4-10-24-11-5-9-23-24)22-13-15-6-7-17(19)16(12-15)14-25-2/h5-7,9,11-12H,3-4,8,10,13-14H2,1-2H3,(H2,20,21,22). The normalized spacial score (nSPS) is 11.6. The number of aromatic nitrogens is 2. The summed E-state index contributed by atoms with van der Waals surface area (Å²) in [5.74, 6) is 0.499. The molecular weight excluding hydrogens is 321 g/mol. The Kier molecular flexibility index (Phi) is 7.91. The van der Waals surface area contributed by atoms with E-state index in [9.17, 15) is 4.39 Å². The fourth-order valence-electron chi connectivity index (χ4n) is 2.39. The summed E-state index contributed by atoms with van der Waals surface area (Å²) in [6, 6.07) is 6.92. The average molecular weight is 347 g/mol. The van der Waals surface area contributed by atoms with Crippen LogP contribution in [0.15, 0.2) is 41.7 Å². The molecule has 0 aliphatic carbocycles. The molecule has 6 nitrogen and oxygen atoms in total. The van der Waals surface area contributed by atoms with E-state index in [0.29, 0.717) is 12.1 Å². The average Bonchev–Trinajstić information content (AvgIpc) is 3.12. The van der Waals surface area contributed by atoms with Crippen molar-refractivity contribution in [3.05, 3.63) is 53.6 Å². The molecule has 0 aliphatic rings. The van der Waals surface area contributed by atoms with Gasteiger partial charge in [0, 0.05) is 44.7 Å². The van der Waals surface area contributed by atoms with Crippen molar-refractivity contribution in [2.75, 3.05) is 20.2 Å². The van der Waals surface area contributed by atoms with E-state index in [-0.39, 0.29) is 12.4 Å². The first-order chi connectivity index (χ1) is 12.2. The lowest BCUT2D eigenvalue weighted by molar-refractivity contribution is 0.181. The van der Waals surface area contributed by atoms with Gasteiger partial charge in [-0.05, 0) is 37.1 Å². The van der Waals surface area contributed by atoms with Gasteiger partial charge in [0.05, 0.1) is 13.2 Å². The van der Waals surface area contributed by atoms with Crippen molar-refractivity contribution >= 4 is 5.96 Å². The maximum atomic E-state index is 13.7. The van der Waals surface area contributed by atoms with Gasteiger partial charge in [0.25, 0.3) is 0 Å². The van der Waals surface area contributed by atoms with Gasteiger partial charge in [-0.1, -0.05) is 6.07 Å². The number of halogens is 1. The molecule has 0 aliphatic heterocycles. The van der Waals surface area contributed by atoms with E-state index in [2.05, 4.69) is 20.7 Å². The molecule has 0 bridgehead atoms. The molecule has 25 heavy (non-hydrogen) atoms. The van der Waals surface area contributed by atoms with Crippen molar-refractivity contribution in [1.29, 1.82) is 0 Å². The Bertz CT molecular complexity index is 657. The Labute approximate surface area is 148 Å². The first-order valence-electron chi connectivity index (χ1n) is 8.48. The number of methoxy groups -OCH3 is 1. The van der Waals surface area contributed by atoms with Crippen LogP contribution in [0.4, 0.5) is 4.39 Å². The number of nitrogens with one attached hydrogen (secondary N) is 2. The van der Waals surface area contributed by atoms with Crippen molar-refractivity contribution in [2.45, 2.75) is 33.0 Å². The van der Waals surface area contributed by atoms with Crippen LogP contribution in [0.3, 0.4) is 0 Å². The molecule has 0 spiro atoms. The van der Waals surface area contributed by atoms with Crippen LogP contribution in [0.25, 0.3) is 0 Å². The van der Waals surface area contributed by atoms with Crippen molar-refractivity contribution in [1.82, 2.24) is 20.4 Å². The predicted molar refractivity (Wildman–Crippen MR) is 96.8 cm³/mol. The van der Waals surface area contributed by atoms with Crippen LogP contribution in [-0.4, -0.2) is 35.9 Å². The van der Waals surface area contributed by atoms with E-state index in [1.165, 1.54) is 6.07 Å². The summed E-state index contributed by atoms with van der Waals surface area (Å²) >= 11 is 0. The molecule has 0 saturated heterocycles. The van der Waals surface area contributed by atoms with E-state index in [0.717, 1.165) is 37.6 Å². The molecular formula is C18H26FN5O. The van der Waals surface area contributed by atoms with Gasteiger partial charge in [-0.3, -0.25) is 4.68 Å². The molecule has 1 aromatic carbocycles. The smallest absolute Gasteiger partial charge is 0.191 e. The topological polar surface area (TPSA) is 63.5 Å². The Balaban J connectivity index is 1.86. The lowest BCUT2D eigenvalue weighted by Gasteiger charge is -2.11. The molecule has 0 atom stereocenters. The summed E-state index contributed by atoms with van der Waals surface area (Å²) in [4.78, 5) is 4.56. The van der Waals surface area contributed by atoms with Gasteiger partial charge >= 0.3 is 0 Å². The lowest BCUT2D eigenvalue weighted by Crippen LogP contribution is -2.38. The van der Waals surface area contributed by atoms with Gasteiger partial charge in [0.1, 0.15) is 5.82 Å². The Morgan fingerprint density at radius 3 is 2.96 bits per heavy atom. The highest BCUT2D eigenvalue weighted by Gasteiger charge is 2.04. The first kappa shape index (κ1) is 18.9. The summed E-state index contributed by atoms with van der Waals surface area (Å²) in [7, 11) is 1.56. The van der Waals surface area contributed by atoms with Crippen molar-refractivity contribution in [3.63, 3.8) is 0 Å². The monoisotopic (exact) mass is 347 g/mol. The maximum absolute atomic E-state index is 13.7. The lowest BCUT2D eigenvalue weighted by atomic mass is 10.1. The van der Waals surface area contributed by atoms with Gasteiger partial charge in [-0.2, -0.15) is 5.10 Å². The number of aryl methyl sites for hydroxylation is 1. The van der Waals surface area contributed by atoms with Gasteiger partial charge in [0.2, 0.25) is 0 Å². The molecule has 2 N–H and O–H groups in total. The van der Waals surface area contributed by atoms with Gasteiger partial charge in [0.15, 0.2) is 5.96 Å². The van der Waals surface area contributed by atoms with Crippen LogP contribution in [0.1, 0.15) is 24.5 Å². The largest absolute Gasteiger partial charge is 0.380 e. The Morgan fingerprint density at radius 1 is 1.36 bits per heavy atom. The minimum atomic E-state index is -0.252. The van der Waals surface area contributed by atoms with E-state index < -0.39 is 0 Å². The van der Waals surface area contributed by atoms with Crippen LogP contribution in [-0.2, 0) is 24.4 Å².